The summed E-state index contributed by atoms with van der Waals surface area (Å²) in [5.74, 6) is 0. The highest BCUT2D eigenvalue weighted by Crippen LogP contribution is 2.31. The van der Waals surface area contributed by atoms with E-state index < -0.39 is 0 Å². The summed E-state index contributed by atoms with van der Waals surface area (Å²) in [4.78, 5) is 5.65. The van der Waals surface area contributed by atoms with Crippen LogP contribution in [0, 0.1) is 6.92 Å². The fourth-order valence-corrected chi connectivity index (χ4v) is 2.91. The van der Waals surface area contributed by atoms with Crippen LogP contribution in [0.3, 0.4) is 0 Å². The molecule has 0 spiro atoms. The van der Waals surface area contributed by atoms with Crippen molar-refractivity contribution < 1.29 is 0 Å². The van der Waals surface area contributed by atoms with Crippen LogP contribution in [0.5, 0.6) is 0 Å². The van der Waals surface area contributed by atoms with Crippen molar-refractivity contribution in [1.82, 2.24) is 4.98 Å². The third kappa shape index (κ3) is 3.27. The first-order valence-electron chi connectivity index (χ1n) is 5.89. The van der Waals surface area contributed by atoms with E-state index in [-0.39, 0.29) is 5.38 Å². The monoisotopic (exact) mass is 277 g/mol. The number of pyridine rings is 1. The number of halogens is 1. The summed E-state index contributed by atoms with van der Waals surface area (Å²) < 4.78 is 0. The van der Waals surface area contributed by atoms with Crippen molar-refractivity contribution in [3.05, 3.63) is 59.4 Å². The molecule has 94 valence electrons. The van der Waals surface area contributed by atoms with Gasteiger partial charge in [0, 0.05) is 23.2 Å². The maximum Gasteiger partial charge on any atom is 0.0651 e. The number of benzene rings is 1. The molecule has 0 saturated heterocycles. The summed E-state index contributed by atoms with van der Waals surface area (Å²) in [6.07, 6.45) is 4.73. The molecule has 0 N–H and O–H groups in total. The second kappa shape index (κ2) is 6.26. The van der Waals surface area contributed by atoms with Crippen molar-refractivity contribution in [2.45, 2.75) is 23.6 Å². The van der Waals surface area contributed by atoms with Crippen LogP contribution in [-0.2, 0) is 6.42 Å². The number of hydrogen-bond acceptors (Lipinski definition) is 2. The molecule has 1 aromatic carbocycles. The Morgan fingerprint density at radius 3 is 2.67 bits per heavy atom. The Morgan fingerprint density at radius 2 is 2.00 bits per heavy atom. The molecular formula is C15H16ClNS. The van der Waals surface area contributed by atoms with Crippen LogP contribution < -0.4 is 0 Å². The van der Waals surface area contributed by atoms with Gasteiger partial charge in [-0.15, -0.1) is 23.4 Å². The molecular weight excluding hydrogens is 262 g/mol. The Kier molecular flexibility index (Phi) is 4.67. The molecule has 0 aliphatic heterocycles. The van der Waals surface area contributed by atoms with E-state index in [4.69, 9.17) is 11.6 Å². The number of nitrogens with zero attached hydrogens (tertiary/aromatic N) is 1. The van der Waals surface area contributed by atoms with E-state index in [9.17, 15) is 0 Å². The van der Waals surface area contributed by atoms with Crippen molar-refractivity contribution >= 4 is 23.4 Å². The molecule has 2 rings (SSSR count). The highest BCUT2D eigenvalue weighted by Gasteiger charge is 2.13. The standard InChI is InChI=1S/C15H16ClNS/c1-11-7-8-12(17-10-11)9-14(16)13-5-3-4-6-15(13)18-2/h3-8,10,14H,9H2,1-2H3. The Morgan fingerprint density at radius 1 is 1.22 bits per heavy atom. The van der Waals surface area contributed by atoms with Crippen molar-refractivity contribution in [1.29, 1.82) is 0 Å². The SMILES string of the molecule is CSc1ccccc1C(Cl)Cc1ccc(C)cn1. The van der Waals surface area contributed by atoms with E-state index in [0.29, 0.717) is 0 Å². The third-order valence-electron chi connectivity index (χ3n) is 2.84. The maximum atomic E-state index is 6.51. The first kappa shape index (κ1) is 13.4. The number of aryl methyl sites for hydroxylation is 1. The summed E-state index contributed by atoms with van der Waals surface area (Å²) in [5.41, 5.74) is 3.40. The van der Waals surface area contributed by atoms with Crippen LogP contribution in [0.25, 0.3) is 0 Å². The van der Waals surface area contributed by atoms with Crippen molar-refractivity contribution in [2.24, 2.45) is 0 Å². The van der Waals surface area contributed by atoms with Gasteiger partial charge in [0.1, 0.15) is 0 Å². The summed E-state index contributed by atoms with van der Waals surface area (Å²) in [6.45, 7) is 2.04. The van der Waals surface area contributed by atoms with Crippen LogP contribution in [0.2, 0.25) is 0 Å². The molecule has 1 atom stereocenters. The minimum absolute atomic E-state index is 0.0242. The van der Waals surface area contributed by atoms with Crippen LogP contribution >= 0.6 is 23.4 Å². The largest absolute Gasteiger partial charge is 0.261 e. The number of thioether (sulfide) groups is 1. The molecule has 1 aromatic heterocycles. The van der Waals surface area contributed by atoms with E-state index in [1.165, 1.54) is 16.0 Å². The first-order chi connectivity index (χ1) is 8.70. The van der Waals surface area contributed by atoms with Gasteiger partial charge >= 0.3 is 0 Å². The number of hydrogen-bond donors (Lipinski definition) is 0. The lowest BCUT2D eigenvalue weighted by molar-refractivity contribution is 0.862. The lowest BCUT2D eigenvalue weighted by Gasteiger charge is -2.13. The predicted molar refractivity (Wildman–Crippen MR) is 79.5 cm³/mol. The van der Waals surface area contributed by atoms with Crippen molar-refractivity contribution in [2.75, 3.05) is 6.26 Å². The smallest absolute Gasteiger partial charge is 0.0651 e. The third-order valence-corrected chi connectivity index (χ3v) is 4.04. The fourth-order valence-electron chi connectivity index (χ4n) is 1.84. The second-order valence-electron chi connectivity index (χ2n) is 4.24. The minimum atomic E-state index is -0.0242. The van der Waals surface area contributed by atoms with E-state index in [1.807, 2.05) is 31.3 Å². The van der Waals surface area contributed by atoms with Gasteiger partial charge < -0.3 is 0 Å². The summed E-state index contributed by atoms with van der Waals surface area (Å²) in [7, 11) is 0. The van der Waals surface area contributed by atoms with Crippen LogP contribution in [0.1, 0.15) is 22.2 Å². The van der Waals surface area contributed by atoms with E-state index in [2.05, 4.69) is 29.4 Å². The van der Waals surface area contributed by atoms with Gasteiger partial charge in [0.2, 0.25) is 0 Å². The summed E-state index contributed by atoms with van der Waals surface area (Å²) in [5, 5.41) is -0.0242. The van der Waals surface area contributed by atoms with Gasteiger partial charge in [0.15, 0.2) is 0 Å². The van der Waals surface area contributed by atoms with Gasteiger partial charge in [-0.2, -0.15) is 0 Å². The maximum absolute atomic E-state index is 6.51. The fraction of sp³-hybridized carbons (Fsp3) is 0.267. The topological polar surface area (TPSA) is 12.9 Å². The molecule has 0 saturated carbocycles. The zero-order valence-corrected chi connectivity index (χ0v) is 12.1. The van der Waals surface area contributed by atoms with Gasteiger partial charge in [-0.1, -0.05) is 24.3 Å². The normalized spacial score (nSPS) is 12.4. The Balaban J connectivity index is 2.16. The zero-order chi connectivity index (χ0) is 13.0. The van der Waals surface area contributed by atoms with E-state index >= 15 is 0 Å². The van der Waals surface area contributed by atoms with E-state index in [1.54, 1.807) is 11.8 Å². The molecule has 2 aromatic rings. The van der Waals surface area contributed by atoms with Gasteiger partial charge in [0.05, 0.1) is 5.38 Å². The minimum Gasteiger partial charge on any atom is -0.261 e. The molecule has 1 nitrogen and oxygen atoms in total. The Labute approximate surface area is 118 Å². The molecule has 18 heavy (non-hydrogen) atoms. The number of aromatic nitrogens is 1. The van der Waals surface area contributed by atoms with Gasteiger partial charge in [-0.05, 0) is 36.4 Å². The zero-order valence-electron chi connectivity index (χ0n) is 10.6. The van der Waals surface area contributed by atoms with E-state index in [0.717, 1.165) is 12.1 Å². The molecule has 0 fully saturated rings. The predicted octanol–water partition coefficient (Wildman–Crippen LogP) is 4.63. The Bertz CT molecular complexity index is 510. The van der Waals surface area contributed by atoms with Gasteiger partial charge in [0.25, 0.3) is 0 Å². The van der Waals surface area contributed by atoms with Gasteiger partial charge in [-0.3, -0.25) is 4.98 Å². The van der Waals surface area contributed by atoms with Crippen molar-refractivity contribution in [3.63, 3.8) is 0 Å². The number of alkyl halides is 1. The van der Waals surface area contributed by atoms with Crippen LogP contribution in [0.15, 0.2) is 47.5 Å². The average molecular weight is 278 g/mol. The lowest BCUT2D eigenvalue weighted by Crippen LogP contribution is -1.99. The molecule has 1 unspecified atom stereocenters. The highest BCUT2D eigenvalue weighted by atomic mass is 35.5. The molecule has 0 aliphatic rings. The lowest BCUT2D eigenvalue weighted by atomic mass is 10.1. The van der Waals surface area contributed by atoms with Gasteiger partial charge in [-0.25, -0.2) is 0 Å². The summed E-state index contributed by atoms with van der Waals surface area (Å²) in [6, 6.07) is 12.4. The van der Waals surface area contributed by atoms with Crippen LogP contribution in [0.4, 0.5) is 0 Å². The average Bonchev–Trinajstić information content (AvgIpc) is 2.41. The summed E-state index contributed by atoms with van der Waals surface area (Å²) >= 11 is 8.24. The number of rotatable bonds is 4. The molecule has 1 heterocycles. The second-order valence-corrected chi connectivity index (χ2v) is 5.62. The molecule has 0 amide bonds. The molecule has 0 bridgehead atoms. The molecule has 0 radical (unpaired) electrons. The quantitative estimate of drug-likeness (QED) is 0.597. The molecule has 3 heteroatoms. The van der Waals surface area contributed by atoms with Crippen molar-refractivity contribution in [3.8, 4) is 0 Å². The van der Waals surface area contributed by atoms with Crippen LogP contribution in [-0.4, -0.2) is 11.2 Å². The Hall–Kier alpha value is -0.990. The molecule has 0 aliphatic carbocycles. The highest BCUT2D eigenvalue weighted by molar-refractivity contribution is 7.98. The first-order valence-corrected chi connectivity index (χ1v) is 7.55.